The second-order valence-corrected chi connectivity index (χ2v) is 4.92. The van der Waals surface area contributed by atoms with Gasteiger partial charge in [0.2, 0.25) is 0 Å². The molecule has 0 atom stereocenters. The van der Waals surface area contributed by atoms with Gasteiger partial charge in [0, 0.05) is 29.2 Å². The highest BCUT2D eigenvalue weighted by molar-refractivity contribution is 5.84. The predicted octanol–water partition coefficient (Wildman–Crippen LogP) is 3.16. The van der Waals surface area contributed by atoms with Crippen molar-refractivity contribution < 1.29 is 4.39 Å². The van der Waals surface area contributed by atoms with Crippen LogP contribution in [0.5, 0.6) is 0 Å². The number of hydrogen-bond acceptors (Lipinski definition) is 2. The first kappa shape index (κ1) is 13.3. The molecule has 2 N–H and O–H groups in total. The summed E-state index contributed by atoms with van der Waals surface area (Å²) in [6.07, 6.45) is 1.95. The molecule has 0 unspecified atom stereocenters. The van der Waals surface area contributed by atoms with Gasteiger partial charge >= 0.3 is 0 Å². The lowest BCUT2D eigenvalue weighted by Gasteiger charge is -2.07. The highest BCUT2D eigenvalue weighted by Crippen LogP contribution is 2.23. The van der Waals surface area contributed by atoms with Gasteiger partial charge in [-0.1, -0.05) is 18.2 Å². The summed E-state index contributed by atoms with van der Waals surface area (Å²) in [5.74, 6) is -0.305. The monoisotopic (exact) mass is 279 g/mol. The molecule has 0 saturated heterocycles. The molecule has 0 amide bonds. The molecule has 3 aromatic rings. The maximum Gasteiger partial charge on any atom is 0.128 e. The lowest BCUT2D eigenvalue weighted by atomic mass is 10.1. The molecule has 0 spiro atoms. The molecule has 1 heterocycles. The summed E-state index contributed by atoms with van der Waals surface area (Å²) in [6, 6.07) is 14.4. The van der Waals surface area contributed by atoms with Crippen LogP contribution in [0.2, 0.25) is 0 Å². The minimum atomic E-state index is -0.305. The average Bonchev–Trinajstić information content (AvgIpc) is 2.88. The van der Waals surface area contributed by atoms with Gasteiger partial charge in [0.05, 0.1) is 18.2 Å². The molecule has 0 aliphatic carbocycles. The highest BCUT2D eigenvalue weighted by atomic mass is 19.1. The molecule has 0 radical (unpaired) electrons. The van der Waals surface area contributed by atoms with E-state index in [0.717, 1.165) is 16.5 Å². The fourth-order valence-corrected chi connectivity index (χ4v) is 2.57. The van der Waals surface area contributed by atoms with Crippen molar-refractivity contribution in [2.75, 3.05) is 0 Å². The normalized spacial score (nSPS) is 10.7. The maximum atomic E-state index is 13.9. The SMILES string of the molecule is N#Cc1ccc(F)c(Cn2cc(CN)c3ccccc32)c1. The number of halogens is 1. The van der Waals surface area contributed by atoms with Crippen LogP contribution in [0.1, 0.15) is 16.7 Å². The molecule has 104 valence electrons. The fraction of sp³-hybridized carbons (Fsp3) is 0.118. The number of benzene rings is 2. The Bertz CT molecular complexity index is 843. The summed E-state index contributed by atoms with van der Waals surface area (Å²) in [5.41, 5.74) is 8.77. The summed E-state index contributed by atoms with van der Waals surface area (Å²) in [5, 5.41) is 10.0. The number of rotatable bonds is 3. The summed E-state index contributed by atoms with van der Waals surface area (Å²) >= 11 is 0. The molecule has 1 aromatic heterocycles. The van der Waals surface area contributed by atoms with Gasteiger partial charge in [0.15, 0.2) is 0 Å². The maximum absolute atomic E-state index is 13.9. The Labute approximate surface area is 122 Å². The average molecular weight is 279 g/mol. The van der Waals surface area contributed by atoms with E-state index in [9.17, 15) is 4.39 Å². The van der Waals surface area contributed by atoms with Crippen molar-refractivity contribution in [2.24, 2.45) is 5.73 Å². The van der Waals surface area contributed by atoms with Gasteiger partial charge in [-0.3, -0.25) is 0 Å². The molecule has 21 heavy (non-hydrogen) atoms. The molecule has 0 saturated carbocycles. The van der Waals surface area contributed by atoms with Gasteiger partial charge in [-0.05, 0) is 29.8 Å². The molecule has 0 fully saturated rings. The van der Waals surface area contributed by atoms with Gasteiger partial charge < -0.3 is 10.3 Å². The van der Waals surface area contributed by atoms with Crippen molar-refractivity contribution in [1.29, 1.82) is 5.26 Å². The van der Waals surface area contributed by atoms with E-state index in [4.69, 9.17) is 11.0 Å². The van der Waals surface area contributed by atoms with Crippen LogP contribution in [0.25, 0.3) is 10.9 Å². The van der Waals surface area contributed by atoms with Crippen LogP contribution in [0.15, 0.2) is 48.7 Å². The van der Waals surface area contributed by atoms with Crippen LogP contribution in [0.4, 0.5) is 4.39 Å². The molecule has 3 nitrogen and oxygen atoms in total. The fourth-order valence-electron chi connectivity index (χ4n) is 2.57. The standard InChI is InChI=1S/C17H14FN3/c18-16-6-5-12(8-19)7-13(16)10-21-11-14(9-20)15-3-1-2-4-17(15)21/h1-7,11H,9-10,20H2. The highest BCUT2D eigenvalue weighted by Gasteiger charge is 2.10. The summed E-state index contributed by atoms with van der Waals surface area (Å²) in [6.45, 7) is 0.816. The number of hydrogen-bond donors (Lipinski definition) is 1. The molecule has 4 heteroatoms. The lowest BCUT2D eigenvalue weighted by Crippen LogP contribution is -2.01. The van der Waals surface area contributed by atoms with E-state index in [0.29, 0.717) is 24.2 Å². The third kappa shape index (κ3) is 2.39. The lowest BCUT2D eigenvalue weighted by molar-refractivity contribution is 0.601. The Kier molecular flexibility index (Phi) is 3.43. The number of para-hydroxylation sites is 1. The summed E-state index contributed by atoms with van der Waals surface area (Å²) in [7, 11) is 0. The Morgan fingerprint density at radius 1 is 1.14 bits per heavy atom. The van der Waals surface area contributed by atoms with Crippen LogP contribution in [0.3, 0.4) is 0 Å². The number of nitrogens with zero attached hydrogens (tertiary/aromatic N) is 2. The van der Waals surface area contributed by atoms with Gasteiger partial charge in [-0.25, -0.2) is 4.39 Å². The van der Waals surface area contributed by atoms with Gasteiger partial charge in [0.1, 0.15) is 5.82 Å². The van der Waals surface area contributed by atoms with Crippen LogP contribution in [-0.4, -0.2) is 4.57 Å². The van der Waals surface area contributed by atoms with Crippen molar-refractivity contribution in [3.63, 3.8) is 0 Å². The quantitative estimate of drug-likeness (QED) is 0.800. The second kappa shape index (κ2) is 5.39. The second-order valence-electron chi connectivity index (χ2n) is 4.92. The van der Waals surface area contributed by atoms with E-state index < -0.39 is 0 Å². The van der Waals surface area contributed by atoms with E-state index >= 15 is 0 Å². The predicted molar refractivity (Wildman–Crippen MR) is 80.0 cm³/mol. The smallest absolute Gasteiger partial charge is 0.128 e. The van der Waals surface area contributed by atoms with Crippen LogP contribution >= 0.6 is 0 Å². The van der Waals surface area contributed by atoms with Crippen molar-refractivity contribution in [3.8, 4) is 6.07 Å². The van der Waals surface area contributed by atoms with Gasteiger partial charge in [-0.15, -0.1) is 0 Å². The molecule has 0 bridgehead atoms. The van der Waals surface area contributed by atoms with Crippen LogP contribution in [-0.2, 0) is 13.1 Å². The molecule has 3 rings (SSSR count). The largest absolute Gasteiger partial charge is 0.343 e. The zero-order valence-electron chi connectivity index (χ0n) is 11.4. The summed E-state index contributed by atoms with van der Waals surface area (Å²) in [4.78, 5) is 0. The number of aromatic nitrogens is 1. The Morgan fingerprint density at radius 2 is 1.95 bits per heavy atom. The Hall–Kier alpha value is -2.64. The van der Waals surface area contributed by atoms with Crippen molar-refractivity contribution in [1.82, 2.24) is 4.57 Å². The topological polar surface area (TPSA) is 54.7 Å². The molecular weight excluding hydrogens is 265 g/mol. The first-order valence-corrected chi connectivity index (χ1v) is 6.68. The van der Waals surface area contributed by atoms with Crippen molar-refractivity contribution in [2.45, 2.75) is 13.1 Å². The van der Waals surface area contributed by atoms with Gasteiger partial charge in [0.25, 0.3) is 0 Å². The van der Waals surface area contributed by atoms with E-state index in [1.54, 1.807) is 6.07 Å². The first-order valence-electron chi connectivity index (χ1n) is 6.68. The zero-order chi connectivity index (χ0) is 14.8. The summed E-state index contributed by atoms with van der Waals surface area (Å²) < 4.78 is 15.9. The van der Waals surface area contributed by atoms with E-state index in [1.807, 2.05) is 41.1 Å². The molecule has 0 aliphatic heterocycles. The number of fused-ring (bicyclic) bond motifs is 1. The molecule has 0 aliphatic rings. The third-order valence-corrected chi connectivity index (χ3v) is 3.61. The van der Waals surface area contributed by atoms with E-state index in [1.165, 1.54) is 12.1 Å². The van der Waals surface area contributed by atoms with Crippen LogP contribution in [0, 0.1) is 17.1 Å². The Morgan fingerprint density at radius 3 is 2.71 bits per heavy atom. The van der Waals surface area contributed by atoms with Crippen molar-refractivity contribution in [3.05, 3.63) is 71.2 Å². The van der Waals surface area contributed by atoms with Crippen LogP contribution < -0.4 is 5.73 Å². The minimum absolute atomic E-state index is 0.305. The Balaban J connectivity index is 2.08. The van der Waals surface area contributed by atoms with Crippen molar-refractivity contribution >= 4 is 10.9 Å². The number of nitrogens with two attached hydrogens (primary N) is 1. The molecular formula is C17H14FN3. The zero-order valence-corrected chi connectivity index (χ0v) is 11.4. The van der Waals surface area contributed by atoms with E-state index in [-0.39, 0.29) is 5.82 Å². The molecule has 2 aromatic carbocycles. The first-order chi connectivity index (χ1) is 10.2. The minimum Gasteiger partial charge on any atom is -0.343 e. The number of nitriles is 1. The van der Waals surface area contributed by atoms with E-state index in [2.05, 4.69) is 0 Å². The van der Waals surface area contributed by atoms with Gasteiger partial charge in [-0.2, -0.15) is 5.26 Å². The third-order valence-electron chi connectivity index (χ3n) is 3.61.